The SMILES string of the molecule is COc1cc2c(cc1OC)NC1CCCC1(C)C(=O)N2. The van der Waals surface area contributed by atoms with Crippen LogP contribution in [0.4, 0.5) is 11.4 Å². The quantitative estimate of drug-likeness (QED) is 0.871. The molecule has 3 rings (SSSR count). The van der Waals surface area contributed by atoms with E-state index in [1.54, 1.807) is 14.2 Å². The Labute approximate surface area is 118 Å². The van der Waals surface area contributed by atoms with Crippen LogP contribution in [0.2, 0.25) is 0 Å². The molecule has 2 unspecified atom stereocenters. The first-order chi connectivity index (χ1) is 9.58. The third-order valence-corrected chi connectivity index (χ3v) is 4.58. The van der Waals surface area contributed by atoms with Crippen LogP contribution >= 0.6 is 0 Å². The average Bonchev–Trinajstić information content (AvgIpc) is 2.78. The van der Waals surface area contributed by atoms with Gasteiger partial charge in [-0.15, -0.1) is 0 Å². The molecule has 1 saturated carbocycles. The summed E-state index contributed by atoms with van der Waals surface area (Å²) in [4.78, 5) is 12.5. The Kier molecular flexibility index (Phi) is 3.00. The summed E-state index contributed by atoms with van der Waals surface area (Å²) in [6, 6.07) is 3.86. The van der Waals surface area contributed by atoms with Gasteiger partial charge >= 0.3 is 0 Å². The molecule has 1 aromatic rings. The van der Waals surface area contributed by atoms with Gasteiger partial charge in [0.05, 0.1) is 31.0 Å². The van der Waals surface area contributed by atoms with E-state index in [0.29, 0.717) is 11.5 Å². The standard InChI is InChI=1S/C15H20N2O3/c1-15-6-4-5-13(15)16-9-7-11(19-2)12(20-3)8-10(9)17-14(15)18/h7-8,13,16H,4-6H2,1-3H3,(H,17,18). The molecule has 0 bridgehead atoms. The molecule has 2 N–H and O–H groups in total. The number of methoxy groups -OCH3 is 2. The highest BCUT2D eigenvalue weighted by atomic mass is 16.5. The molecule has 1 fully saturated rings. The maximum atomic E-state index is 12.5. The number of nitrogens with one attached hydrogen (secondary N) is 2. The first-order valence-electron chi connectivity index (χ1n) is 6.92. The summed E-state index contributed by atoms with van der Waals surface area (Å²) >= 11 is 0. The van der Waals surface area contributed by atoms with Crippen LogP contribution < -0.4 is 20.1 Å². The van der Waals surface area contributed by atoms with Crippen LogP contribution in [-0.2, 0) is 4.79 Å². The summed E-state index contributed by atoms with van der Waals surface area (Å²) in [5, 5.41) is 6.52. The fourth-order valence-electron chi connectivity index (χ4n) is 3.22. The number of hydrogen-bond acceptors (Lipinski definition) is 4. The molecule has 0 radical (unpaired) electrons. The van der Waals surface area contributed by atoms with E-state index in [0.717, 1.165) is 30.6 Å². The lowest BCUT2D eigenvalue weighted by Crippen LogP contribution is -2.41. The van der Waals surface area contributed by atoms with E-state index < -0.39 is 0 Å². The van der Waals surface area contributed by atoms with Crippen molar-refractivity contribution in [3.63, 3.8) is 0 Å². The van der Waals surface area contributed by atoms with Crippen LogP contribution in [0.15, 0.2) is 12.1 Å². The van der Waals surface area contributed by atoms with Gasteiger partial charge in [-0.05, 0) is 19.8 Å². The van der Waals surface area contributed by atoms with Gasteiger partial charge in [-0.2, -0.15) is 0 Å². The maximum absolute atomic E-state index is 12.5. The summed E-state index contributed by atoms with van der Waals surface area (Å²) in [5.41, 5.74) is 1.30. The number of anilines is 2. The smallest absolute Gasteiger partial charge is 0.232 e. The zero-order valence-corrected chi connectivity index (χ0v) is 12.1. The fraction of sp³-hybridized carbons (Fsp3) is 0.533. The topological polar surface area (TPSA) is 59.6 Å². The maximum Gasteiger partial charge on any atom is 0.232 e. The van der Waals surface area contributed by atoms with Crippen LogP contribution in [0, 0.1) is 5.41 Å². The highest BCUT2D eigenvalue weighted by Gasteiger charge is 2.47. The van der Waals surface area contributed by atoms with E-state index in [4.69, 9.17) is 9.47 Å². The normalized spacial score (nSPS) is 27.8. The molecule has 1 amide bonds. The minimum Gasteiger partial charge on any atom is -0.493 e. The molecule has 108 valence electrons. The van der Waals surface area contributed by atoms with Crippen LogP contribution in [0.25, 0.3) is 0 Å². The summed E-state index contributed by atoms with van der Waals surface area (Å²) < 4.78 is 10.6. The molecule has 0 spiro atoms. The molecule has 0 aromatic heterocycles. The zero-order valence-electron chi connectivity index (χ0n) is 12.1. The van der Waals surface area contributed by atoms with Gasteiger partial charge in [-0.1, -0.05) is 6.42 Å². The van der Waals surface area contributed by atoms with Gasteiger partial charge in [0.25, 0.3) is 0 Å². The van der Waals surface area contributed by atoms with E-state index in [2.05, 4.69) is 10.6 Å². The van der Waals surface area contributed by atoms with Gasteiger partial charge in [0.1, 0.15) is 0 Å². The van der Waals surface area contributed by atoms with Gasteiger partial charge in [0.15, 0.2) is 11.5 Å². The van der Waals surface area contributed by atoms with Gasteiger partial charge in [-0.25, -0.2) is 0 Å². The van der Waals surface area contributed by atoms with E-state index in [1.807, 2.05) is 19.1 Å². The van der Waals surface area contributed by atoms with Crippen molar-refractivity contribution in [3.8, 4) is 11.5 Å². The number of rotatable bonds is 2. The number of hydrogen-bond donors (Lipinski definition) is 2. The van der Waals surface area contributed by atoms with Crippen molar-refractivity contribution in [1.29, 1.82) is 0 Å². The summed E-state index contributed by atoms with van der Waals surface area (Å²) in [5.74, 6) is 1.36. The molecule has 1 aromatic carbocycles. The molecule has 0 saturated heterocycles. The van der Waals surface area contributed by atoms with Crippen molar-refractivity contribution in [2.45, 2.75) is 32.2 Å². The predicted molar refractivity (Wildman–Crippen MR) is 77.5 cm³/mol. The average molecular weight is 276 g/mol. The Morgan fingerprint density at radius 3 is 2.50 bits per heavy atom. The zero-order chi connectivity index (χ0) is 14.3. The van der Waals surface area contributed by atoms with E-state index >= 15 is 0 Å². The van der Waals surface area contributed by atoms with E-state index in [1.165, 1.54) is 0 Å². The van der Waals surface area contributed by atoms with Gasteiger partial charge in [-0.3, -0.25) is 4.79 Å². The predicted octanol–water partition coefficient (Wildman–Crippen LogP) is 2.63. The number of amides is 1. The van der Waals surface area contributed by atoms with E-state index in [-0.39, 0.29) is 17.4 Å². The largest absolute Gasteiger partial charge is 0.493 e. The highest BCUT2D eigenvalue weighted by Crippen LogP contribution is 2.46. The molecule has 2 atom stereocenters. The minimum absolute atomic E-state index is 0.0819. The van der Waals surface area contributed by atoms with Crippen LogP contribution in [-0.4, -0.2) is 26.2 Å². The lowest BCUT2D eigenvalue weighted by Gasteiger charge is -2.27. The first kappa shape index (κ1) is 13.1. The van der Waals surface area contributed by atoms with E-state index in [9.17, 15) is 4.79 Å². The van der Waals surface area contributed by atoms with Crippen molar-refractivity contribution in [2.75, 3.05) is 24.9 Å². The van der Waals surface area contributed by atoms with Crippen molar-refractivity contribution in [1.82, 2.24) is 0 Å². The monoisotopic (exact) mass is 276 g/mol. The fourth-order valence-corrected chi connectivity index (χ4v) is 3.22. The second-order valence-corrected chi connectivity index (χ2v) is 5.71. The lowest BCUT2D eigenvalue weighted by atomic mass is 9.84. The molecular weight excluding hydrogens is 256 g/mol. The summed E-state index contributed by atoms with van der Waals surface area (Å²) in [6.45, 7) is 2.04. The molecule has 20 heavy (non-hydrogen) atoms. The third kappa shape index (κ3) is 1.80. The third-order valence-electron chi connectivity index (χ3n) is 4.58. The molecular formula is C15H20N2O3. The van der Waals surface area contributed by atoms with Crippen molar-refractivity contribution < 1.29 is 14.3 Å². The van der Waals surface area contributed by atoms with Crippen LogP contribution in [0.5, 0.6) is 11.5 Å². The Balaban J connectivity index is 2.06. The highest BCUT2D eigenvalue weighted by molar-refractivity contribution is 6.01. The van der Waals surface area contributed by atoms with Gasteiger partial charge < -0.3 is 20.1 Å². The number of fused-ring (bicyclic) bond motifs is 2. The number of carbonyl (C=O) groups is 1. The molecule has 5 nitrogen and oxygen atoms in total. The Hall–Kier alpha value is -1.91. The number of ether oxygens (including phenoxy) is 2. The summed E-state index contributed by atoms with van der Waals surface area (Å²) in [7, 11) is 3.20. The molecule has 5 heteroatoms. The Morgan fingerprint density at radius 1 is 1.20 bits per heavy atom. The molecule has 1 aliphatic heterocycles. The summed E-state index contributed by atoms with van der Waals surface area (Å²) in [6.07, 6.45) is 3.00. The number of benzene rings is 1. The van der Waals surface area contributed by atoms with Crippen LogP contribution in [0.1, 0.15) is 26.2 Å². The second kappa shape index (κ2) is 4.58. The Morgan fingerprint density at radius 2 is 1.85 bits per heavy atom. The Bertz CT molecular complexity index is 558. The van der Waals surface area contributed by atoms with Crippen molar-refractivity contribution in [3.05, 3.63) is 12.1 Å². The molecule has 2 aliphatic rings. The van der Waals surface area contributed by atoms with Crippen molar-refractivity contribution in [2.24, 2.45) is 5.41 Å². The molecule has 1 aliphatic carbocycles. The second-order valence-electron chi connectivity index (χ2n) is 5.71. The lowest BCUT2D eigenvalue weighted by molar-refractivity contribution is -0.124. The molecule has 1 heterocycles. The van der Waals surface area contributed by atoms with Crippen LogP contribution in [0.3, 0.4) is 0 Å². The van der Waals surface area contributed by atoms with Gasteiger partial charge in [0, 0.05) is 18.2 Å². The van der Waals surface area contributed by atoms with Crippen molar-refractivity contribution >= 4 is 17.3 Å². The first-order valence-corrected chi connectivity index (χ1v) is 6.92. The minimum atomic E-state index is -0.348. The van der Waals surface area contributed by atoms with Gasteiger partial charge in [0.2, 0.25) is 5.91 Å². The number of carbonyl (C=O) groups excluding carboxylic acids is 1.